The number of carbonyl (C=O) groups is 1. The predicted molar refractivity (Wildman–Crippen MR) is 102 cm³/mol. The first kappa shape index (κ1) is 16.6. The third-order valence-corrected chi connectivity index (χ3v) is 5.14. The van der Waals surface area contributed by atoms with E-state index in [0.717, 1.165) is 42.8 Å². The lowest BCUT2D eigenvalue weighted by atomic mass is 10.0. The first-order valence-electron chi connectivity index (χ1n) is 9.04. The third-order valence-electron chi connectivity index (χ3n) is 5.14. The summed E-state index contributed by atoms with van der Waals surface area (Å²) < 4.78 is 1.92. The minimum Gasteiger partial charge on any atom is -0.355 e. The second kappa shape index (κ2) is 7.15. The van der Waals surface area contributed by atoms with E-state index in [-0.39, 0.29) is 11.9 Å². The summed E-state index contributed by atoms with van der Waals surface area (Å²) in [5.41, 5.74) is 1.91. The minimum absolute atomic E-state index is 0.112. The molecule has 1 aromatic carbocycles. The molecule has 0 radical (unpaired) electrons. The van der Waals surface area contributed by atoms with Gasteiger partial charge in [-0.3, -0.25) is 4.79 Å². The van der Waals surface area contributed by atoms with E-state index in [1.54, 1.807) is 6.33 Å². The van der Waals surface area contributed by atoms with Crippen LogP contribution in [0.5, 0.6) is 0 Å². The molecule has 0 saturated carbocycles. The maximum absolute atomic E-state index is 12.8. The van der Waals surface area contributed by atoms with Crippen LogP contribution >= 0.6 is 0 Å². The quantitative estimate of drug-likeness (QED) is 0.726. The van der Waals surface area contributed by atoms with Crippen LogP contribution in [0.25, 0.3) is 11.0 Å². The Hall–Kier alpha value is -2.89. The van der Waals surface area contributed by atoms with E-state index in [2.05, 4.69) is 14.9 Å². The van der Waals surface area contributed by atoms with Gasteiger partial charge in [0.1, 0.15) is 12.4 Å². The molecule has 0 bridgehead atoms. The Morgan fingerprint density at radius 1 is 1.19 bits per heavy atom. The molecule has 6 nitrogen and oxygen atoms in total. The molecular formula is C20H23N5O. The summed E-state index contributed by atoms with van der Waals surface area (Å²) in [7, 11) is 1.91. The molecule has 3 heterocycles. The highest BCUT2D eigenvalue weighted by atomic mass is 16.2. The molecule has 134 valence electrons. The number of hydrogen-bond donors (Lipinski definition) is 0. The van der Waals surface area contributed by atoms with Crippen LogP contribution in [0.2, 0.25) is 0 Å². The van der Waals surface area contributed by atoms with Gasteiger partial charge in [-0.2, -0.15) is 0 Å². The van der Waals surface area contributed by atoms with Crippen molar-refractivity contribution in [2.75, 3.05) is 25.0 Å². The van der Waals surface area contributed by atoms with Crippen molar-refractivity contribution in [2.24, 2.45) is 0 Å². The van der Waals surface area contributed by atoms with Gasteiger partial charge in [-0.05, 0) is 37.1 Å². The predicted octanol–water partition coefficient (Wildman–Crippen LogP) is 2.56. The fourth-order valence-corrected chi connectivity index (χ4v) is 3.62. The monoisotopic (exact) mass is 349 g/mol. The zero-order valence-corrected chi connectivity index (χ0v) is 15.0. The van der Waals surface area contributed by atoms with Crippen molar-refractivity contribution in [2.45, 2.75) is 25.4 Å². The number of aromatic nitrogens is 3. The zero-order valence-electron chi connectivity index (χ0n) is 15.0. The molecule has 1 aliphatic rings. The number of fused-ring (bicyclic) bond motifs is 1. The summed E-state index contributed by atoms with van der Waals surface area (Å²) >= 11 is 0. The summed E-state index contributed by atoms with van der Waals surface area (Å²) in [5, 5.41) is 0. The van der Waals surface area contributed by atoms with Gasteiger partial charge in [0.15, 0.2) is 0 Å². The Balaban J connectivity index is 1.44. The van der Waals surface area contributed by atoms with Crippen LogP contribution in [-0.2, 0) is 11.3 Å². The molecule has 1 aliphatic heterocycles. The number of para-hydroxylation sites is 2. The topological polar surface area (TPSA) is 54.3 Å². The summed E-state index contributed by atoms with van der Waals surface area (Å²) in [6, 6.07) is 14.1. The Morgan fingerprint density at radius 2 is 2.04 bits per heavy atom. The molecular weight excluding hydrogens is 326 g/mol. The number of benzene rings is 1. The summed E-state index contributed by atoms with van der Waals surface area (Å²) in [6.45, 7) is 2.13. The van der Waals surface area contributed by atoms with E-state index >= 15 is 0 Å². The molecule has 0 unspecified atom stereocenters. The molecule has 6 heteroatoms. The minimum atomic E-state index is 0.112. The van der Waals surface area contributed by atoms with Crippen LogP contribution in [0.4, 0.5) is 5.82 Å². The molecule has 1 atom stereocenters. The molecule has 0 N–H and O–H groups in total. The van der Waals surface area contributed by atoms with E-state index in [4.69, 9.17) is 0 Å². The molecule has 0 aliphatic carbocycles. The van der Waals surface area contributed by atoms with Gasteiger partial charge in [0, 0.05) is 32.4 Å². The zero-order chi connectivity index (χ0) is 17.9. The van der Waals surface area contributed by atoms with Crippen molar-refractivity contribution in [1.82, 2.24) is 19.4 Å². The van der Waals surface area contributed by atoms with Crippen molar-refractivity contribution in [3.63, 3.8) is 0 Å². The lowest BCUT2D eigenvalue weighted by Gasteiger charge is -2.38. The second-order valence-electron chi connectivity index (χ2n) is 6.80. The second-order valence-corrected chi connectivity index (χ2v) is 6.80. The van der Waals surface area contributed by atoms with Crippen LogP contribution in [0.3, 0.4) is 0 Å². The highest BCUT2D eigenvalue weighted by Gasteiger charge is 2.26. The van der Waals surface area contributed by atoms with Crippen molar-refractivity contribution in [1.29, 1.82) is 0 Å². The van der Waals surface area contributed by atoms with Crippen LogP contribution < -0.4 is 4.90 Å². The molecule has 1 fully saturated rings. The van der Waals surface area contributed by atoms with E-state index in [1.165, 1.54) is 0 Å². The SMILES string of the molecule is CN(C(=O)Cn1cnc2ccccc21)[C@@H]1CCCN(c2ccccn2)C1. The lowest BCUT2D eigenvalue weighted by Crippen LogP contribution is -2.49. The van der Waals surface area contributed by atoms with Gasteiger partial charge in [0.25, 0.3) is 0 Å². The standard InChI is InChI=1S/C20H23N5O/c1-23(16-7-6-12-24(13-16)19-10-4-5-11-21-19)20(26)14-25-15-22-17-8-2-3-9-18(17)25/h2-5,8-11,15-16H,6-7,12-14H2,1H3/t16-/m1/s1. The highest BCUT2D eigenvalue weighted by Crippen LogP contribution is 2.20. The smallest absolute Gasteiger partial charge is 0.242 e. The molecule has 2 aromatic heterocycles. The summed E-state index contributed by atoms with van der Waals surface area (Å²) in [5.74, 6) is 1.10. The Kier molecular flexibility index (Phi) is 4.56. The van der Waals surface area contributed by atoms with Crippen molar-refractivity contribution < 1.29 is 4.79 Å². The fourth-order valence-electron chi connectivity index (χ4n) is 3.62. The summed E-state index contributed by atoms with van der Waals surface area (Å²) in [4.78, 5) is 25.8. The fraction of sp³-hybridized carbons (Fsp3) is 0.350. The number of pyridine rings is 1. The number of amides is 1. The average molecular weight is 349 g/mol. The van der Waals surface area contributed by atoms with Crippen LogP contribution in [-0.4, -0.2) is 51.5 Å². The van der Waals surface area contributed by atoms with Gasteiger partial charge in [-0.25, -0.2) is 9.97 Å². The maximum atomic E-state index is 12.8. The molecule has 0 spiro atoms. The molecule has 26 heavy (non-hydrogen) atoms. The molecule has 4 rings (SSSR count). The number of piperidine rings is 1. The average Bonchev–Trinajstić information content (AvgIpc) is 3.11. The number of carbonyl (C=O) groups excluding carboxylic acids is 1. The molecule has 1 saturated heterocycles. The van der Waals surface area contributed by atoms with Crippen LogP contribution in [0.1, 0.15) is 12.8 Å². The van der Waals surface area contributed by atoms with Gasteiger partial charge < -0.3 is 14.4 Å². The van der Waals surface area contributed by atoms with E-state index in [1.807, 2.05) is 65.2 Å². The molecule has 1 amide bonds. The number of hydrogen-bond acceptors (Lipinski definition) is 4. The van der Waals surface area contributed by atoms with Crippen molar-refractivity contribution >= 4 is 22.8 Å². The van der Waals surface area contributed by atoms with Gasteiger partial charge in [0.05, 0.1) is 17.4 Å². The number of anilines is 1. The number of rotatable bonds is 4. The van der Waals surface area contributed by atoms with E-state index in [0.29, 0.717) is 6.54 Å². The number of likely N-dealkylation sites (N-methyl/N-ethyl adjacent to an activating group) is 1. The Bertz CT molecular complexity index is 891. The van der Waals surface area contributed by atoms with Gasteiger partial charge in [-0.15, -0.1) is 0 Å². The van der Waals surface area contributed by atoms with Gasteiger partial charge >= 0.3 is 0 Å². The van der Waals surface area contributed by atoms with E-state index < -0.39 is 0 Å². The third kappa shape index (κ3) is 3.27. The molecule has 3 aromatic rings. The number of imidazole rings is 1. The Morgan fingerprint density at radius 3 is 2.88 bits per heavy atom. The first-order chi connectivity index (χ1) is 12.7. The largest absolute Gasteiger partial charge is 0.355 e. The summed E-state index contributed by atoms with van der Waals surface area (Å²) in [6.07, 6.45) is 5.65. The van der Waals surface area contributed by atoms with Gasteiger partial charge in [0.2, 0.25) is 5.91 Å². The van der Waals surface area contributed by atoms with Gasteiger partial charge in [-0.1, -0.05) is 18.2 Å². The van der Waals surface area contributed by atoms with Crippen LogP contribution in [0.15, 0.2) is 55.0 Å². The Labute approximate surface area is 153 Å². The van der Waals surface area contributed by atoms with Crippen LogP contribution in [0, 0.1) is 0 Å². The highest BCUT2D eigenvalue weighted by molar-refractivity contribution is 5.80. The number of nitrogens with zero attached hydrogens (tertiary/aromatic N) is 5. The first-order valence-corrected chi connectivity index (χ1v) is 9.04. The van der Waals surface area contributed by atoms with Crippen molar-refractivity contribution in [3.05, 3.63) is 55.0 Å². The maximum Gasteiger partial charge on any atom is 0.242 e. The lowest BCUT2D eigenvalue weighted by molar-refractivity contribution is -0.132. The normalized spacial score (nSPS) is 17.4. The van der Waals surface area contributed by atoms with E-state index in [9.17, 15) is 4.79 Å². The van der Waals surface area contributed by atoms with Crippen molar-refractivity contribution in [3.8, 4) is 0 Å².